The minimum Gasteiger partial charge on any atom is -0.0911 e. The van der Waals surface area contributed by atoms with Crippen LogP contribution >= 0.6 is 8.20 Å². The number of allylic oxidation sites excluding steroid dienone is 2. The van der Waals surface area contributed by atoms with Crippen molar-refractivity contribution in [2.75, 3.05) is 6.16 Å². The Kier molecular flexibility index (Phi) is 1.07. The molecule has 0 bridgehead atoms. The van der Waals surface area contributed by atoms with E-state index >= 15 is 0 Å². The maximum absolute atomic E-state index is 3.15. The Morgan fingerprint density at radius 3 is 3.00 bits per heavy atom. The van der Waals surface area contributed by atoms with E-state index in [9.17, 15) is 0 Å². The molecule has 0 atom stereocenters. The smallest absolute Gasteiger partial charge is 0.0123 e. The van der Waals surface area contributed by atoms with Crippen LogP contribution in [0.15, 0.2) is 11.6 Å². The Hall–Kier alpha value is -0.0900. The molecule has 1 rings (SSSR count). The highest BCUT2D eigenvalue weighted by atomic mass is 31.1. The molecular formula is C5H6P. The van der Waals surface area contributed by atoms with Crippen molar-refractivity contribution in [3.05, 3.63) is 11.6 Å². The minimum atomic E-state index is 1.19. The van der Waals surface area contributed by atoms with E-state index in [-0.39, 0.29) is 0 Å². The average molecular weight is 97.1 g/mol. The zero-order valence-electron chi connectivity index (χ0n) is 3.73. The van der Waals surface area contributed by atoms with Gasteiger partial charge in [-0.05, 0) is 12.5 Å². The van der Waals surface area contributed by atoms with Crippen molar-refractivity contribution in [3.63, 3.8) is 0 Å². The standard InChI is InChI=1S/C5H6P/c1-5-2-3-6-4-5/h2H,3H2,1H3. The van der Waals surface area contributed by atoms with E-state index in [0.29, 0.717) is 0 Å². The SMILES string of the molecule is CC1=CCP=[C]1. The van der Waals surface area contributed by atoms with E-state index in [1.165, 1.54) is 19.9 Å². The van der Waals surface area contributed by atoms with E-state index in [0.717, 1.165) is 0 Å². The van der Waals surface area contributed by atoms with Gasteiger partial charge in [0.1, 0.15) is 0 Å². The minimum absolute atomic E-state index is 1.19. The van der Waals surface area contributed by atoms with Crippen molar-refractivity contribution in [1.29, 1.82) is 0 Å². The van der Waals surface area contributed by atoms with Gasteiger partial charge in [-0.25, -0.2) is 0 Å². The molecule has 0 nitrogen and oxygen atoms in total. The molecule has 0 saturated carbocycles. The largest absolute Gasteiger partial charge is 0.0911 e. The number of hydrogen-bond acceptors (Lipinski definition) is 0. The van der Waals surface area contributed by atoms with Gasteiger partial charge in [0.2, 0.25) is 0 Å². The van der Waals surface area contributed by atoms with Crippen molar-refractivity contribution in [2.24, 2.45) is 0 Å². The van der Waals surface area contributed by atoms with Gasteiger partial charge >= 0.3 is 0 Å². The number of hydrogen-bond donors (Lipinski definition) is 0. The fraction of sp³-hybridized carbons (Fsp3) is 0.400. The van der Waals surface area contributed by atoms with E-state index in [1.54, 1.807) is 0 Å². The van der Waals surface area contributed by atoms with Crippen LogP contribution in [0.25, 0.3) is 0 Å². The molecule has 0 unspecified atom stereocenters. The summed E-state index contributed by atoms with van der Waals surface area (Å²) >= 11 is 0. The van der Waals surface area contributed by atoms with Crippen LogP contribution in [0.4, 0.5) is 0 Å². The van der Waals surface area contributed by atoms with Crippen LogP contribution in [0.5, 0.6) is 0 Å². The second kappa shape index (κ2) is 1.57. The van der Waals surface area contributed by atoms with Crippen LogP contribution in [-0.2, 0) is 0 Å². The maximum Gasteiger partial charge on any atom is 0.0123 e. The van der Waals surface area contributed by atoms with Crippen molar-refractivity contribution in [3.8, 4) is 0 Å². The van der Waals surface area contributed by atoms with Crippen LogP contribution in [0.3, 0.4) is 0 Å². The average Bonchev–Trinajstić information content (AvgIpc) is 1.86. The molecule has 1 aliphatic heterocycles. The molecule has 1 heteroatoms. The number of rotatable bonds is 0. The van der Waals surface area contributed by atoms with Crippen LogP contribution in [0.2, 0.25) is 0 Å². The lowest BCUT2D eigenvalue weighted by atomic mass is 10.3. The van der Waals surface area contributed by atoms with Crippen molar-refractivity contribution < 1.29 is 0 Å². The summed E-state index contributed by atoms with van der Waals surface area (Å²) in [5, 5.41) is 0. The summed E-state index contributed by atoms with van der Waals surface area (Å²) in [5.74, 6) is 3.15. The Balaban J connectivity index is 2.68. The van der Waals surface area contributed by atoms with Gasteiger partial charge in [-0.1, -0.05) is 14.3 Å². The predicted octanol–water partition coefficient (Wildman–Crippen LogP) is 1.57. The second-order valence-corrected chi connectivity index (χ2v) is 2.24. The van der Waals surface area contributed by atoms with E-state index in [2.05, 4.69) is 18.8 Å². The third-order valence-electron chi connectivity index (χ3n) is 0.744. The maximum atomic E-state index is 3.15. The van der Waals surface area contributed by atoms with Gasteiger partial charge in [0.05, 0.1) is 0 Å². The van der Waals surface area contributed by atoms with Crippen molar-refractivity contribution >= 4 is 14.0 Å². The third kappa shape index (κ3) is 0.693. The van der Waals surface area contributed by atoms with E-state index in [4.69, 9.17) is 0 Å². The molecule has 0 amide bonds. The Morgan fingerprint density at radius 1 is 2.00 bits per heavy atom. The first-order valence-corrected chi connectivity index (χ1v) is 3.07. The van der Waals surface area contributed by atoms with Crippen LogP contribution < -0.4 is 0 Å². The molecule has 0 fully saturated rings. The third-order valence-corrected chi connectivity index (χ3v) is 1.62. The summed E-state index contributed by atoms with van der Waals surface area (Å²) in [6, 6.07) is 0. The summed E-state index contributed by atoms with van der Waals surface area (Å²) in [6.07, 6.45) is 3.38. The molecule has 1 heterocycles. The lowest BCUT2D eigenvalue weighted by Gasteiger charge is -1.70. The highest BCUT2D eigenvalue weighted by Gasteiger charge is 1.86. The summed E-state index contributed by atoms with van der Waals surface area (Å²) < 4.78 is 0. The van der Waals surface area contributed by atoms with Gasteiger partial charge in [-0.2, -0.15) is 0 Å². The first-order valence-electron chi connectivity index (χ1n) is 1.99. The van der Waals surface area contributed by atoms with Gasteiger partial charge in [-0.3, -0.25) is 0 Å². The van der Waals surface area contributed by atoms with Crippen LogP contribution in [-0.4, -0.2) is 12.0 Å². The first-order chi connectivity index (χ1) is 2.89. The summed E-state index contributed by atoms with van der Waals surface area (Å²) in [6.45, 7) is 2.08. The molecule has 0 N–H and O–H groups in total. The van der Waals surface area contributed by atoms with Gasteiger partial charge < -0.3 is 0 Å². The van der Waals surface area contributed by atoms with Crippen LogP contribution in [0, 0.1) is 0 Å². The van der Waals surface area contributed by atoms with Gasteiger partial charge in [-0.15, -0.1) is 0 Å². The predicted molar refractivity (Wildman–Crippen MR) is 30.6 cm³/mol. The fourth-order valence-electron chi connectivity index (χ4n) is 0.399. The van der Waals surface area contributed by atoms with Gasteiger partial charge in [0.25, 0.3) is 0 Å². The molecule has 6 heavy (non-hydrogen) atoms. The molecule has 0 saturated heterocycles. The molecule has 1 radical (unpaired) electrons. The zero-order chi connectivity index (χ0) is 4.41. The van der Waals surface area contributed by atoms with Crippen molar-refractivity contribution in [1.82, 2.24) is 0 Å². The first kappa shape index (κ1) is 4.08. The van der Waals surface area contributed by atoms with E-state index < -0.39 is 0 Å². The Morgan fingerprint density at radius 2 is 2.83 bits per heavy atom. The fourth-order valence-corrected chi connectivity index (χ4v) is 1.20. The molecular weight excluding hydrogens is 91.0 g/mol. The summed E-state index contributed by atoms with van der Waals surface area (Å²) in [7, 11) is 1.34. The summed E-state index contributed by atoms with van der Waals surface area (Å²) in [5.41, 5.74) is 1.32. The molecule has 0 aromatic carbocycles. The topological polar surface area (TPSA) is 0 Å². The van der Waals surface area contributed by atoms with Crippen molar-refractivity contribution in [2.45, 2.75) is 6.92 Å². The molecule has 0 aromatic rings. The Labute approximate surface area is 39.7 Å². The quantitative estimate of drug-likeness (QED) is 0.402. The van der Waals surface area contributed by atoms with Gasteiger partial charge in [0.15, 0.2) is 0 Å². The van der Waals surface area contributed by atoms with Gasteiger partial charge in [0, 0.05) is 12.0 Å². The highest BCUT2D eigenvalue weighted by Crippen LogP contribution is 2.07. The van der Waals surface area contributed by atoms with Crippen LogP contribution in [0.1, 0.15) is 6.92 Å². The van der Waals surface area contributed by atoms with E-state index in [1.807, 2.05) is 0 Å². The lowest BCUT2D eigenvalue weighted by Crippen LogP contribution is -1.62. The highest BCUT2D eigenvalue weighted by molar-refractivity contribution is 7.39. The Bertz CT molecular complexity index is 97.8. The summed E-state index contributed by atoms with van der Waals surface area (Å²) in [4.78, 5) is 0. The zero-order valence-corrected chi connectivity index (χ0v) is 4.63. The normalized spacial score (nSPS) is 21.2. The monoisotopic (exact) mass is 97.0 g/mol. The molecule has 0 aliphatic carbocycles. The molecule has 1 aliphatic rings. The second-order valence-electron chi connectivity index (χ2n) is 1.34. The molecule has 31 valence electrons. The molecule has 0 aromatic heterocycles. The molecule has 0 spiro atoms. The lowest BCUT2D eigenvalue weighted by molar-refractivity contribution is 1.60.